The van der Waals surface area contributed by atoms with Crippen molar-refractivity contribution in [3.05, 3.63) is 118 Å². The van der Waals surface area contributed by atoms with Crippen LogP contribution in [0.2, 0.25) is 0 Å². The molecule has 0 aliphatic carbocycles. The lowest BCUT2D eigenvalue weighted by Crippen LogP contribution is -2.56. The monoisotopic (exact) mass is 735 g/mol. The lowest BCUT2D eigenvalue weighted by Gasteiger charge is -2.35. The van der Waals surface area contributed by atoms with Crippen LogP contribution in [0.1, 0.15) is 37.5 Å². The normalized spacial score (nSPS) is 12.1. The Labute approximate surface area is 292 Å². The maximum atomic E-state index is 14.7. The molecule has 0 aromatic heterocycles. The number of rotatable bonds is 13. The Morgan fingerprint density at radius 1 is 0.854 bits per heavy atom. The highest BCUT2D eigenvalue weighted by Crippen LogP contribution is 2.31. The van der Waals surface area contributed by atoms with Crippen LogP contribution in [0.3, 0.4) is 0 Å². The van der Waals surface area contributed by atoms with E-state index in [4.69, 9.17) is 9.47 Å². The number of carbonyl (C=O) groups is 2. The van der Waals surface area contributed by atoms with Crippen molar-refractivity contribution >= 4 is 43.5 Å². The van der Waals surface area contributed by atoms with Gasteiger partial charge in [-0.2, -0.15) is 0 Å². The van der Waals surface area contributed by atoms with Gasteiger partial charge in [0.1, 0.15) is 24.1 Å². The van der Waals surface area contributed by atoms with Crippen molar-refractivity contribution in [2.75, 3.05) is 25.1 Å². The number of halogens is 1. The molecule has 4 aromatic rings. The van der Waals surface area contributed by atoms with E-state index in [0.717, 1.165) is 15.4 Å². The third kappa shape index (κ3) is 9.38. The molecule has 4 aromatic carbocycles. The van der Waals surface area contributed by atoms with E-state index < -0.39 is 34.1 Å². The van der Waals surface area contributed by atoms with Gasteiger partial charge in [-0.05, 0) is 97.2 Å². The molecule has 0 spiro atoms. The molecule has 0 saturated carbocycles. The smallest absolute Gasteiger partial charge is 0.264 e. The van der Waals surface area contributed by atoms with Crippen molar-refractivity contribution in [1.29, 1.82) is 0 Å². The number of aryl methyl sites for hydroxylation is 1. The van der Waals surface area contributed by atoms with Crippen LogP contribution in [0.5, 0.6) is 11.5 Å². The number of amides is 2. The first kappa shape index (κ1) is 36.5. The molecule has 0 fully saturated rings. The van der Waals surface area contributed by atoms with Gasteiger partial charge in [0.05, 0.1) is 29.3 Å². The third-order valence-electron chi connectivity index (χ3n) is 7.57. The lowest BCUT2D eigenvalue weighted by molar-refractivity contribution is -0.140. The van der Waals surface area contributed by atoms with E-state index in [-0.39, 0.29) is 23.8 Å². The van der Waals surface area contributed by atoms with E-state index >= 15 is 0 Å². The SMILES string of the molecule is COc1cccc(CN(C(=O)CN(c2ccc(C)cc2)S(=O)(=O)c2ccc(OC)c(Br)c2)[C@H](Cc2ccccc2)C(=O)NC(C)(C)C)c1. The van der Waals surface area contributed by atoms with Crippen molar-refractivity contribution in [3.63, 3.8) is 0 Å². The highest BCUT2D eigenvalue weighted by atomic mass is 79.9. The first-order valence-electron chi connectivity index (χ1n) is 15.4. The maximum Gasteiger partial charge on any atom is 0.264 e. The highest BCUT2D eigenvalue weighted by Gasteiger charge is 2.36. The van der Waals surface area contributed by atoms with E-state index in [0.29, 0.717) is 27.2 Å². The topological polar surface area (TPSA) is 105 Å². The number of ether oxygens (including phenoxy) is 2. The second-order valence-electron chi connectivity index (χ2n) is 12.5. The van der Waals surface area contributed by atoms with Crippen molar-refractivity contribution in [2.24, 2.45) is 0 Å². The summed E-state index contributed by atoms with van der Waals surface area (Å²) in [6.07, 6.45) is 0.209. The molecule has 48 heavy (non-hydrogen) atoms. The number of benzene rings is 4. The average Bonchev–Trinajstić information content (AvgIpc) is 3.05. The zero-order valence-electron chi connectivity index (χ0n) is 28.1. The Bertz CT molecular complexity index is 1830. The number of hydrogen-bond acceptors (Lipinski definition) is 6. The number of nitrogens with one attached hydrogen (secondary N) is 1. The summed E-state index contributed by atoms with van der Waals surface area (Å²) in [5.74, 6) is 0.142. The van der Waals surface area contributed by atoms with Gasteiger partial charge in [-0.25, -0.2) is 8.42 Å². The quantitative estimate of drug-likeness (QED) is 0.168. The first-order chi connectivity index (χ1) is 22.7. The summed E-state index contributed by atoms with van der Waals surface area (Å²) in [5.41, 5.74) is 2.21. The fourth-order valence-corrected chi connectivity index (χ4v) is 7.28. The number of nitrogens with zero attached hydrogens (tertiary/aromatic N) is 2. The summed E-state index contributed by atoms with van der Waals surface area (Å²) < 4.78 is 41.0. The third-order valence-corrected chi connectivity index (χ3v) is 9.96. The van der Waals surface area contributed by atoms with Crippen molar-refractivity contribution in [2.45, 2.75) is 57.1 Å². The Morgan fingerprint density at radius 3 is 2.12 bits per heavy atom. The average molecular weight is 737 g/mol. The second-order valence-corrected chi connectivity index (χ2v) is 15.2. The lowest BCUT2D eigenvalue weighted by atomic mass is 10.0. The molecule has 1 N–H and O–H groups in total. The molecule has 4 rings (SSSR count). The van der Waals surface area contributed by atoms with Crippen LogP contribution in [-0.2, 0) is 32.6 Å². The molecular formula is C37H42BrN3O6S. The maximum absolute atomic E-state index is 14.7. The molecule has 0 aliphatic rings. The van der Waals surface area contributed by atoms with Crippen molar-refractivity contribution in [1.82, 2.24) is 10.2 Å². The van der Waals surface area contributed by atoms with Gasteiger partial charge < -0.3 is 19.7 Å². The largest absolute Gasteiger partial charge is 0.497 e. The molecular weight excluding hydrogens is 694 g/mol. The van der Waals surface area contributed by atoms with Gasteiger partial charge in [-0.1, -0.05) is 60.2 Å². The van der Waals surface area contributed by atoms with E-state index in [9.17, 15) is 18.0 Å². The van der Waals surface area contributed by atoms with Crippen LogP contribution in [-0.4, -0.2) is 57.5 Å². The standard InChI is InChI=1S/C37H42BrN3O6S/c1-26-15-17-29(18-16-26)41(48(44,45)31-19-20-34(47-6)32(38)23-31)25-35(42)40(24-28-13-10-14-30(21-28)46-5)33(36(43)39-37(2,3)4)22-27-11-8-7-9-12-27/h7-21,23,33H,22,24-25H2,1-6H3,(H,39,43)/t33-/m1/s1. The number of carbonyl (C=O) groups excluding carboxylic acids is 2. The zero-order valence-corrected chi connectivity index (χ0v) is 30.5. The van der Waals surface area contributed by atoms with Gasteiger partial charge in [0.25, 0.3) is 10.0 Å². The van der Waals surface area contributed by atoms with Crippen molar-refractivity contribution in [3.8, 4) is 11.5 Å². The van der Waals surface area contributed by atoms with Crippen molar-refractivity contribution < 1.29 is 27.5 Å². The molecule has 0 saturated heterocycles. The van der Waals surface area contributed by atoms with Gasteiger partial charge >= 0.3 is 0 Å². The highest BCUT2D eigenvalue weighted by molar-refractivity contribution is 9.10. The van der Waals surface area contributed by atoms with Gasteiger partial charge in [-0.15, -0.1) is 0 Å². The van der Waals surface area contributed by atoms with Gasteiger partial charge in [0.2, 0.25) is 11.8 Å². The summed E-state index contributed by atoms with van der Waals surface area (Å²) in [5, 5.41) is 3.04. The van der Waals surface area contributed by atoms with Crippen LogP contribution in [0, 0.1) is 6.92 Å². The zero-order chi connectivity index (χ0) is 35.1. The molecule has 0 aliphatic heterocycles. The summed E-state index contributed by atoms with van der Waals surface area (Å²) in [7, 11) is -1.24. The fraction of sp³-hybridized carbons (Fsp3) is 0.297. The molecule has 0 unspecified atom stereocenters. The molecule has 1 atom stereocenters. The van der Waals surface area contributed by atoms with E-state index in [2.05, 4.69) is 21.2 Å². The van der Waals surface area contributed by atoms with Crippen LogP contribution >= 0.6 is 15.9 Å². The predicted molar refractivity (Wildman–Crippen MR) is 192 cm³/mol. The molecule has 0 heterocycles. The number of hydrogen-bond donors (Lipinski definition) is 1. The first-order valence-corrected chi connectivity index (χ1v) is 17.7. The summed E-state index contributed by atoms with van der Waals surface area (Å²) in [6, 6.07) is 27.0. The molecule has 9 nitrogen and oxygen atoms in total. The predicted octanol–water partition coefficient (Wildman–Crippen LogP) is 6.52. The minimum Gasteiger partial charge on any atom is -0.497 e. The number of methoxy groups -OCH3 is 2. The van der Waals surface area contributed by atoms with Crippen LogP contribution < -0.4 is 19.1 Å². The summed E-state index contributed by atoms with van der Waals surface area (Å²) >= 11 is 3.39. The van der Waals surface area contributed by atoms with E-state index in [1.54, 1.807) is 49.6 Å². The van der Waals surface area contributed by atoms with Gasteiger partial charge in [0.15, 0.2) is 0 Å². The Morgan fingerprint density at radius 2 is 1.52 bits per heavy atom. The molecule has 254 valence electrons. The fourth-order valence-electron chi connectivity index (χ4n) is 5.15. The van der Waals surface area contributed by atoms with E-state index in [1.165, 1.54) is 24.1 Å². The number of anilines is 1. The molecule has 2 amide bonds. The summed E-state index contributed by atoms with van der Waals surface area (Å²) in [4.78, 5) is 30.2. The molecule has 0 radical (unpaired) electrons. The Balaban J connectivity index is 1.84. The molecule has 11 heteroatoms. The Hall–Kier alpha value is -4.35. The van der Waals surface area contributed by atoms with Gasteiger partial charge in [-0.3, -0.25) is 13.9 Å². The van der Waals surface area contributed by atoms with Crippen LogP contribution in [0.25, 0.3) is 0 Å². The Kier molecular flexibility index (Phi) is 11.9. The summed E-state index contributed by atoms with van der Waals surface area (Å²) in [6.45, 7) is 6.98. The van der Waals surface area contributed by atoms with Crippen LogP contribution in [0.15, 0.2) is 106 Å². The van der Waals surface area contributed by atoms with E-state index in [1.807, 2.05) is 70.2 Å². The van der Waals surface area contributed by atoms with Crippen LogP contribution in [0.4, 0.5) is 5.69 Å². The number of sulfonamides is 1. The minimum atomic E-state index is -4.28. The van der Waals surface area contributed by atoms with Gasteiger partial charge in [0, 0.05) is 18.5 Å². The second kappa shape index (κ2) is 15.7. The molecule has 0 bridgehead atoms. The minimum absolute atomic E-state index is 0.0287.